The molecule has 3 aromatic carbocycles. The van der Waals surface area contributed by atoms with Gasteiger partial charge in [0.15, 0.2) is 0 Å². The van der Waals surface area contributed by atoms with Crippen LogP contribution in [0.1, 0.15) is 31.2 Å². The molecule has 0 N–H and O–H groups in total. The lowest BCUT2D eigenvalue weighted by molar-refractivity contribution is 0.164. The largest absolute Gasteiger partial charge is 0.298 e. The van der Waals surface area contributed by atoms with Crippen molar-refractivity contribution >= 4 is 18.5 Å². The molecule has 166 valence electrons. The van der Waals surface area contributed by atoms with E-state index < -0.39 is 0 Å². The smallest absolute Gasteiger partial charge is 0.0237 e. The highest BCUT2D eigenvalue weighted by atomic mass is 31.1. The second kappa shape index (κ2) is 10.8. The minimum atomic E-state index is -0.313. The van der Waals surface area contributed by atoms with Crippen molar-refractivity contribution in [3.63, 3.8) is 0 Å². The molecule has 2 nitrogen and oxygen atoms in total. The van der Waals surface area contributed by atoms with Crippen molar-refractivity contribution in [2.24, 2.45) is 0 Å². The Labute approximate surface area is 195 Å². The van der Waals surface area contributed by atoms with Gasteiger partial charge in [-0.3, -0.25) is 9.80 Å². The van der Waals surface area contributed by atoms with E-state index in [1.807, 2.05) is 0 Å². The quantitative estimate of drug-likeness (QED) is 0.440. The average Bonchev–Trinajstić information content (AvgIpc) is 3.49. The lowest BCUT2D eigenvalue weighted by atomic mass is 10.1. The van der Waals surface area contributed by atoms with E-state index in [0.717, 1.165) is 6.54 Å². The summed E-state index contributed by atoms with van der Waals surface area (Å²) in [6.07, 6.45) is 6.68. The summed E-state index contributed by atoms with van der Waals surface area (Å²) < 4.78 is 0. The maximum absolute atomic E-state index is 2.84. The van der Waals surface area contributed by atoms with Crippen molar-refractivity contribution in [2.75, 3.05) is 25.8 Å². The standard InChI is InChI=1S/C29H35N2P/c1-4-12-25(13-5-1)22-30-20-10-14-26(30)23-31-21-11-15-27(31)24-32(28-16-6-2-7-17-28)29-18-8-3-9-19-29/h1-9,12-13,16-19,26-27H,10-11,14-15,20-24H2. The van der Waals surface area contributed by atoms with Gasteiger partial charge in [-0.05, 0) is 69.0 Å². The third-order valence-electron chi connectivity index (χ3n) is 7.20. The van der Waals surface area contributed by atoms with Crippen LogP contribution in [0.2, 0.25) is 0 Å². The summed E-state index contributed by atoms with van der Waals surface area (Å²) in [7, 11) is -0.313. The Morgan fingerprint density at radius 1 is 0.625 bits per heavy atom. The van der Waals surface area contributed by atoms with Gasteiger partial charge in [-0.15, -0.1) is 0 Å². The molecule has 0 aliphatic carbocycles. The normalized spacial score (nSPS) is 22.0. The first-order valence-electron chi connectivity index (χ1n) is 12.3. The van der Waals surface area contributed by atoms with Gasteiger partial charge in [-0.1, -0.05) is 91.0 Å². The Balaban J connectivity index is 1.28. The molecule has 0 radical (unpaired) electrons. The van der Waals surface area contributed by atoms with Crippen molar-refractivity contribution in [3.05, 3.63) is 96.6 Å². The van der Waals surface area contributed by atoms with Crippen LogP contribution in [0.4, 0.5) is 0 Å². The molecule has 0 spiro atoms. The molecule has 0 bridgehead atoms. The fourth-order valence-electron chi connectivity index (χ4n) is 5.53. The molecule has 0 saturated carbocycles. The van der Waals surface area contributed by atoms with Gasteiger partial charge in [0.25, 0.3) is 0 Å². The summed E-state index contributed by atoms with van der Waals surface area (Å²) in [6, 6.07) is 34.9. The lowest BCUT2D eigenvalue weighted by Crippen LogP contribution is -2.43. The van der Waals surface area contributed by atoms with Gasteiger partial charge >= 0.3 is 0 Å². The first kappa shape index (κ1) is 21.8. The van der Waals surface area contributed by atoms with Gasteiger partial charge in [0.2, 0.25) is 0 Å². The average molecular weight is 443 g/mol. The summed E-state index contributed by atoms with van der Waals surface area (Å²) in [4.78, 5) is 5.58. The number of rotatable bonds is 8. The molecule has 2 heterocycles. The summed E-state index contributed by atoms with van der Waals surface area (Å²) >= 11 is 0. The van der Waals surface area contributed by atoms with Crippen LogP contribution in [0, 0.1) is 0 Å². The van der Waals surface area contributed by atoms with E-state index in [0.29, 0.717) is 12.1 Å². The van der Waals surface area contributed by atoms with Gasteiger partial charge < -0.3 is 0 Å². The molecule has 2 saturated heterocycles. The van der Waals surface area contributed by atoms with E-state index in [2.05, 4.69) is 101 Å². The summed E-state index contributed by atoms with van der Waals surface area (Å²) in [6.45, 7) is 4.86. The molecule has 2 unspecified atom stereocenters. The number of hydrogen-bond donors (Lipinski definition) is 0. The molecule has 3 heteroatoms. The Morgan fingerprint density at radius 2 is 1.16 bits per heavy atom. The van der Waals surface area contributed by atoms with E-state index in [9.17, 15) is 0 Å². The zero-order chi connectivity index (χ0) is 21.6. The lowest BCUT2D eigenvalue weighted by Gasteiger charge is -2.33. The second-order valence-corrected chi connectivity index (χ2v) is 11.6. The fourth-order valence-corrected chi connectivity index (χ4v) is 8.15. The minimum absolute atomic E-state index is 0.313. The van der Waals surface area contributed by atoms with Crippen molar-refractivity contribution in [1.82, 2.24) is 9.80 Å². The molecule has 0 amide bonds. The fraction of sp³-hybridized carbons (Fsp3) is 0.379. The Hall–Kier alpha value is -1.99. The van der Waals surface area contributed by atoms with Crippen LogP contribution in [0.15, 0.2) is 91.0 Å². The van der Waals surface area contributed by atoms with Crippen LogP contribution in [0.3, 0.4) is 0 Å². The Morgan fingerprint density at radius 3 is 1.78 bits per heavy atom. The zero-order valence-corrected chi connectivity index (χ0v) is 19.9. The van der Waals surface area contributed by atoms with E-state index in [1.54, 1.807) is 0 Å². The van der Waals surface area contributed by atoms with Crippen LogP contribution in [-0.4, -0.2) is 47.7 Å². The van der Waals surface area contributed by atoms with E-state index >= 15 is 0 Å². The van der Waals surface area contributed by atoms with Crippen molar-refractivity contribution in [2.45, 2.75) is 44.3 Å². The Kier molecular flexibility index (Phi) is 7.34. The molecule has 2 aliphatic heterocycles. The van der Waals surface area contributed by atoms with Crippen molar-refractivity contribution < 1.29 is 0 Å². The molecule has 2 fully saturated rings. The van der Waals surface area contributed by atoms with Crippen LogP contribution < -0.4 is 10.6 Å². The molecule has 3 aromatic rings. The molecule has 5 rings (SSSR count). The summed E-state index contributed by atoms with van der Waals surface area (Å²) in [5.41, 5.74) is 1.45. The molecular formula is C29H35N2P. The van der Waals surface area contributed by atoms with Crippen LogP contribution in [0.25, 0.3) is 0 Å². The van der Waals surface area contributed by atoms with Crippen LogP contribution >= 0.6 is 7.92 Å². The van der Waals surface area contributed by atoms with Gasteiger partial charge in [0, 0.05) is 25.2 Å². The number of hydrogen-bond acceptors (Lipinski definition) is 2. The SMILES string of the molecule is c1ccc(CN2CCCC2CN2CCCC2CP(c2ccccc2)c2ccccc2)cc1. The monoisotopic (exact) mass is 442 g/mol. The van der Waals surface area contributed by atoms with Gasteiger partial charge in [-0.25, -0.2) is 0 Å². The van der Waals surface area contributed by atoms with Gasteiger partial charge in [0.1, 0.15) is 0 Å². The predicted octanol–water partition coefficient (Wildman–Crippen LogP) is 5.25. The first-order chi connectivity index (χ1) is 15.9. The Bertz CT molecular complexity index is 907. The summed E-state index contributed by atoms with van der Waals surface area (Å²) in [5, 5.41) is 3.04. The number of nitrogens with zero attached hydrogens (tertiary/aromatic N) is 2. The van der Waals surface area contributed by atoms with Crippen LogP contribution in [0.5, 0.6) is 0 Å². The highest BCUT2D eigenvalue weighted by Crippen LogP contribution is 2.38. The molecule has 32 heavy (non-hydrogen) atoms. The van der Waals surface area contributed by atoms with E-state index in [1.165, 1.54) is 67.7 Å². The molecule has 2 aliphatic rings. The van der Waals surface area contributed by atoms with Gasteiger partial charge in [0.05, 0.1) is 0 Å². The third kappa shape index (κ3) is 5.31. The van der Waals surface area contributed by atoms with E-state index in [4.69, 9.17) is 0 Å². The topological polar surface area (TPSA) is 6.48 Å². The summed E-state index contributed by atoms with van der Waals surface area (Å²) in [5.74, 6) is 0. The van der Waals surface area contributed by atoms with Crippen LogP contribution in [-0.2, 0) is 6.54 Å². The molecular weight excluding hydrogens is 407 g/mol. The van der Waals surface area contributed by atoms with Crippen molar-refractivity contribution in [1.29, 1.82) is 0 Å². The van der Waals surface area contributed by atoms with Crippen molar-refractivity contribution in [3.8, 4) is 0 Å². The highest BCUT2D eigenvalue weighted by molar-refractivity contribution is 7.73. The maximum Gasteiger partial charge on any atom is 0.0237 e. The maximum atomic E-state index is 2.84. The highest BCUT2D eigenvalue weighted by Gasteiger charge is 2.33. The van der Waals surface area contributed by atoms with E-state index in [-0.39, 0.29) is 7.92 Å². The second-order valence-electron chi connectivity index (χ2n) is 9.32. The zero-order valence-electron chi connectivity index (χ0n) is 19.0. The number of likely N-dealkylation sites (tertiary alicyclic amines) is 2. The predicted molar refractivity (Wildman–Crippen MR) is 138 cm³/mol. The number of benzene rings is 3. The third-order valence-corrected chi connectivity index (χ3v) is 9.83. The molecule has 0 aromatic heterocycles. The van der Waals surface area contributed by atoms with Gasteiger partial charge in [-0.2, -0.15) is 0 Å². The minimum Gasteiger partial charge on any atom is -0.298 e. The molecule has 2 atom stereocenters. The first-order valence-corrected chi connectivity index (χ1v) is 13.8.